The van der Waals surface area contributed by atoms with Gasteiger partial charge in [0.15, 0.2) is 0 Å². The summed E-state index contributed by atoms with van der Waals surface area (Å²) in [5.41, 5.74) is 2.63. The number of rotatable bonds is 7. The van der Waals surface area contributed by atoms with Crippen LogP contribution in [0.2, 0.25) is 0 Å². The van der Waals surface area contributed by atoms with Crippen molar-refractivity contribution in [2.24, 2.45) is 0 Å². The Morgan fingerprint density at radius 1 is 1.00 bits per heavy atom. The molecule has 0 spiro atoms. The molecule has 0 bridgehead atoms. The first-order valence-corrected chi connectivity index (χ1v) is 12.5. The molecule has 1 aliphatic heterocycles. The first-order chi connectivity index (χ1) is 15.4. The summed E-state index contributed by atoms with van der Waals surface area (Å²) < 4.78 is 28.5. The van der Waals surface area contributed by atoms with Crippen LogP contribution in [-0.2, 0) is 19.6 Å². The monoisotopic (exact) mass is 452 g/mol. The van der Waals surface area contributed by atoms with Gasteiger partial charge in [-0.05, 0) is 63.3 Å². The fraction of sp³-hybridized carbons (Fsp3) is 0.360. The lowest BCUT2D eigenvalue weighted by molar-refractivity contribution is -0.122. The number of hydrogen-bond donors (Lipinski definition) is 0. The van der Waals surface area contributed by atoms with E-state index in [1.165, 1.54) is 9.88 Å². The van der Waals surface area contributed by atoms with Gasteiger partial charge in [0.05, 0.1) is 17.0 Å². The highest BCUT2D eigenvalue weighted by molar-refractivity contribution is 7.89. The molecular weight excluding hydrogens is 424 g/mol. The Kier molecular flexibility index (Phi) is 6.58. The third-order valence-corrected chi connectivity index (χ3v) is 8.07. The number of nitrogens with zero attached hydrogens (tertiary/aromatic N) is 2. The van der Waals surface area contributed by atoms with Crippen molar-refractivity contribution >= 4 is 27.5 Å². The molecule has 1 fully saturated rings. The largest absolute Gasteiger partial charge is 0.274 e. The summed E-state index contributed by atoms with van der Waals surface area (Å²) in [7, 11) is -3.96. The maximum Gasteiger partial charge on any atom is 0.252 e. The van der Waals surface area contributed by atoms with Crippen LogP contribution >= 0.6 is 0 Å². The summed E-state index contributed by atoms with van der Waals surface area (Å²) in [6.45, 7) is 2.06. The zero-order valence-corrected chi connectivity index (χ0v) is 19.1. The van der Waals surface area contributed by atoms with E-state index in [4.69, 9.17) is 0 Å². The lowest BCUT2D eigenvalue weighted by atomic mass is 9.97. The van der Waals surface area contributed by atoms with Gasteiger partial charge in [-0.3, -0.25) is 9.59 Å². The zero-order valence-electron chi connectivity index (χ0n) is 18.2. The van der Waals surface area contributed by atoms with Crippen molar-refractivity contribution in [3.63, 3.8) is 0 Å². The molecule has 0 saturated carbocycles. The van der Waals surface area contributed by atoms with Gasteiger partial charge in [-0.1, -0.05) is 47.5 Å². The lowest BCUT2D eigenvalue weighted by Crippen LogP contribution is -2.46. The molecule has 1 saturated heterocycles. The summed E-state index contributed by atoms with van der Waals surface area (Å²) in [4.78, 5) is 27.4. The summed E-state index contributed by atoms with van der Waals surface area (Å²) >= 11 is 0. The number of anilines is 1. The Bertz CT molecular complexity index is 1120. The average Bonchev–Trinajstić information content (AvgIpc) is 3.09. The third kappa shape index (κ3) is 4.54. The molecule has 2 aromatic rings. The molecule has 1 aliphatic carbocycles. The number of imide groups is 1. The highest BCUT2D eigenvalue weighted by Crippen LogP contribution is 2.30. The van der Waals surface area contributed by atoms with Crippen LogP contribution in [0.15, 0.2) is 71.1 Å². The Labute approximate surface area is 189 Å². The van der Waals surface area contributed by atoms with Gasteiger partial charge in [0.1, 0.15) is 6.04 Å². The Morgan fingerprint density at radius 2 is 1.72 bits per heavy atom. The van der Waals surface area contributed by atoms with Crippen LogP contribution in [0.25, 0.3) is 0 Å². The van der Waals surface area contributed by atoms with E-state index in [9.17, 15) is 18.0 Å². The molecule has 2 aromatic carbocycles. The first-order valence-electron chi connectivity index (χ1n) is 11.1. The summed E-state index contributed by atoms with van der Waals surface area (Å²) in [5.74, 6) is -0.873. The molecule has 4 rings (SSSR count). The molecular formula is C25H28N2O4S. The van der Waals surface area contributed by atoms with E-state index in [-0.39, 0.29) is 23.8 Å². The standard InChI is InChI=1S/C25H28N2O4S/c1-19-12-14-22(15-13-19)32(30,31)26(17-16-20-8-4-2-5-9-20)23-18-24(28)27(25(23)29)21-10-6-3-7-11-21/h3,6-8,10-15,23H,2,4-5,9,16-18H2,1H3. The Balaban J connectivity index is 1.67. The van der Waals surface area contributed by atoms with Gasteiger partial charge in [-0.25, -0.2) is 13.3 Å². The average molecular weight is 453 g/mol. The Hall–Kier alpha value is -2.77. The van der Waals surface area contributed by atoms with Gasteiger partial charge in [-0.15, -0.1) is 0 Å². The lowest BCUT2D eigenvalue weighted by Gasteiger charge is -2.28. The second-order valence-corrected chi connectivity index (χ2v) is 10.3. The van der Waals surface area contributed by atoms with E-state index in [1.54, 1.807) is 54.6 Å². The predicted octanol–water partition coefficient (Wildman–Crippen LogP) is 4.21. The van der Waals surface area contributed by atoms with E-state index in [0.29, 0.717) is 12.1 Å². The number of aryl methyl sites for hydroxylation is 1. The maximum atomic E-state index is 13.6. The van der Waals surface area contributed by atoms with Crippen LogP contribution in [0.3, 0.4) is 0 Å². The fourth-order valence-electron chi connectivity index (χ4n) is 4.36. The number of hydrogen-bond acceptors (Lipinski definition) is 4. The second kappa shape index (κ2) is 9.38. The summed E-state index contributed by atoms with van der Waals surface area (Å²) in [6.07, 6.45) is 6.79. The Morgan fingerprint density at radius 3 is 2.38 bits per heavy atom. The van der Waals surface area contributed by atoms with Gasteiger partial charge < -0.3 is 0 Å². The van der Waals surface area contributed by atoms with Gasteiger partial charge in [0.2, 0.25) is 15.9 Å². The molecule has 0 radical (unpaired) electrons. The first kappa shape index (κ1) is 22.4. The minimum Gasteiger partial charge on any atom is -0.274 e. The third-order valence-electron chi connectivity index (χ3n) is 6.15. The molecule has 32 heavy (non-hydrogen) atoms. The molecule has 7 heteroatoms. The smallest absolute Gasteiger partial charge is 0.252 e. The van der Waals surface area contributed by atoms with Gasteiger partial charge in [0, 0.05) is 6.54 Å². The van der Waals surface area contributed by atoms with E-state index in [2.05, 4.69) is 6.08 Å². The quantitative estimate of drug-likeness (QED) is 0.466. The molecule has 168 valence electrons. The number of carbonyl (C=O) groups excluding carboxylic acids is 2. The van der Waals surface area contributed by atoms with Crippen molar-refractivity contribution < 1.29 is 18.0 Å². The number of sulfonamides is 1. The van der Waals surface area contributed by atoms with Crippen LogP contribution in [-0.4, -0.2) is 37.1 Å². The van der Waals surface area contributed by atoms with Gasteiger partial charge >= 0.3 is 0 Å². The number of allylic oxidation sites excluding steroid dienone is 1. The van der Waals surface area contributed by atoms with Crippen molar-refractivity contribution in [3.05, 3.63) is 71.8 Å². The van der Waals surface area contributed by atoms with Gasteiger partial charge in [0.25, 0.3) is 5.91 Å². The minimum absolute atomic E-state index is 0.138. The molecule has 2 amide bonds. The minimum atomic E-state index is -3.96. The number of amides is 2. The summed E-state index contributed by atoms with van der Waals surface area (Å²) in [6, 6.07) is 14.2. The molecule has 0 N–H and O–H groups in total. The van der Waals surface area contributed by atoms with Crippen LogP contribution in [0.1, 0.15) is 44.1 Å². The molecule has 1 unspecified atom stereocenters. The van der Waals surface area contributed by atoms with E-state index < -0.39 is 22.0 Å². The molecule has 2 aliphatic rings. The highest BCUT2D eigenvalue weighted by atomic mass is 32.2. The molecule has 1 heterocycles. The fourth-order valence-corrected chi connectivity index (χ4v) is 5.95. The van der Waals surface area contributed by atoms with Crippen molar-refractivity contribution in [1.82, 2.24) is 4.31 Å². The molecule has 0 aromatic heterocycles. The van der Waals surface area contributed by atoms with Crippen LogP contribution in [0, 0.1) is 6.92 Å². The predicted molar refractivity (Wildman–Crippen MR) is 124 cm³/mol. The number of para-hydroxylation sites is 1. The maximum absolute atomic E-state index is 13.6. The van der Waals surface area contributed by atoms with Crippen molar-refractivity contribution in [2.75, 3.05) is 11.4 Å². The van der Waals surface area contributed by atoms with Crippen molar-refractivity contribution in [1.29, 1.82) is 0 Å². The zero-order chi connectivity index (χ0) is 22.7. The van der Waals surface area contributed by atoms with E-state index in [1.807, 2.05) is 6.92 Å². The SMILES string of the molecule is Cc1ccc(S(=O)(=O)N(CCC2=CCCCC2)C2CC(=O)N(c3ccccc3)C2=O)cc1. The van der Waals surface area contributed by atoms with E-state index in [0.717, 1.165) is 36.1 Å². The van der Waals surface area contributed by atoms with Crippen LogP contribution < -0.4 is 4.90 Å². The molecule has 1 atom stereocenters. The van der Waals surface area contributed by atoms with Gasteiger partial charge in [-0.2, -0.15) is 4.31 Å². The second-order valence-electron chi connectivity index (χ2n) is 8.41. The van der Waals surface area contributed by atoms with E-state index >= 15 is 0 Å². The van der Waals surface area contributed by atoms with Crippen molar-refractivity contribution in [3.8, 4) is 0 Å². The van der Waals surface area contributed by atoms with Crippen LogP contribution in [0.5, 0.6) is 0 Å². The topological polar surface area (TPSA) is 74.8 Å². The van der Waals surface area contributed by atoms with Crippen molar-refractivity contribution in [2.45, 2.75) is 56.4 Å². The number of carbonyl (C=O) groups is 2. The summed E-state index contributed by atoms with van der Waals surface area (Å²) in [5, 5.41) is 0. The number of benzene rings is 2. The highest BCUT2D eigenvalue weighted by Gasteiger charge is 2.46. The normalized spacial score (nSPS) is 19.5. The molecule has 6 nitrogen and oxygen atoms in total. The van der Waals surface area contributed by atoms with Crippen LogP contribution in [0.4, 0.5) is 5.69 Å².